The number of carbonyl (C=O) groups excluding carboxylic acids is 1. The summed E-state index contributed by atoms with van der Waals surface area (Å²) in [7, 11) is 1.62. The van der Waals surface area contributed by atoms with E-state index in [0.29, 0.717) is 29.3 Å². The van der Waals surface area contributed by atoms with Crippen molar-refractivity contribution in [3.8, 4) is 11.5 Å². The fourth-order valence-corrected chi connectivity index (χ4v) is 3.99. The van der Waals surface area contributed by atoms with Gasteiger partial charge < -0.3 is 24.2 Å². The molecule has 6 nitrogen and oxygen atoms in total. The number of aromatic nitrogens is 1. The maximum Gasteiger partial charge on any atom is 0.287 e. The molecule has 31 heavy (non-hydrogen) atoms. The van der Waals surface area contributed by atoms with Gasteiger partial charge in [-0.2, -0.15) is 0 Å². The quantitative estimate of drug-likeness (QED) is 0.348. The molecule has 0 aliphatic carbocycles. The van der Waals surface area contributed by atoms with Crippen LogP contribution in [-0.2, 0) is 0 Å². The van der Waals surface area contributed by atoms with Crippen molar-refractivity contribution in [1.82, 2.24) is 10.3 Å². The molecule has 2 aromatic carbocycles. The number of hydrogen-bond acceptors (Lipinski definition) is 4. The maximum atomic E-state index is 12.6. The Morgan fingerprint density at radius 3 is 2.74 bits per heavy atom. The van der Waals surface area contributed by atoms with Gasteiger partial charge in [0.1, 0.15) is 0 Å². The molecule has 0 spiro atoms. The lowest BCUT2D eigenvalue weighted by Crippen LogP contribution is -2.28. The van der Waals surface area contributed by atoms with E-state index in [1.165, 1.54) is 0 Å². The fraction of sp³-hybridized carbons (Fsp3) is 0.208. The van der Waals surface area contributed by atoms with Crippen LogP contribution in [0.5, 0.6) is 11.5 Å². The zero-order valence-corrected chi connectivity index (χ0v) is 18.9. The van der Waals surface area contributed by atoms with Crippen LogP contribution in [0.25, 0.3) is 10.9 Å². The van der Waals surface area contributed by atoms with Crippen molar-refractivity contribution in [2.45, 2.75) is 12.8 Å². The van der Waals surface area contributed by atoms with Gasteiger partial charge in [-0.05, 0) is 64.3 Å². The Morgan fingerprint density at radius 2 is 2.00 bits per heavy atom. The minimum atomic E-state index is -0.270. The predicted octanol–water partition coefficient (Wildman–Crippen LogP) is 5.49. The van der Waals surface area contributed by atoms with Gasteiger partial charge in [-0.15, -0.1) is 0 Å². The third-order valence-corrected chi connectivity index (χ3v) is 5.58. The highest BCUT2D eigenvalue weighted by Gasteiger charge is 2.22. The first kappa shape index (κ1) is 21.1. The third-order valence-electron chi connectivity index (χ3n) is 5.15. The number of aromatic amines is 1. The molecule has 4 rings (SSSR count). The van der Waals surface area contributed by atoms with Crippen molar-refractivity contribution in [3.05, 3.63) is 82.4 Å². The Labute approximate surface area is 188 Å². The van der Waals surface area contributed by atoms with Crippen molar-refractivity contribution in [2.75, 3.05) is 20.3 Å². The van der Waals surface area contributed by atoms with Crippen LogP contribution in [-0.4, -0.2) is 31.2 Å². The molecule has 0 saturated carbocycles. The van der Waals surface area contributed by atoms with E-state index < -0.39 is 0 Å². The molecule has 1 amide bonds. The first-order valence-electron chi connectivity index (χ1n) is 10.0. The second-order valence-electron chi connectivity index (χ2n) is 7.00. The molecule has 0 fully saturated rings. The average Bonchev–Trinajstić information content (AvgIpc) is 3.41. The number of nitrogens with one attached hydrogen (secondary N) is 2. The molecule has 2 N–H and O–H groups in total. The summed E-state index contributed by atoms with van der Waals surface area (Å²) in [6.07, 6.45) is 1.99. The lowest BCUT2D eigenvalue weighted by atomic mass is 9.90. The first-order chi connectivity index (χ1) is 15.1. The van der Waals surface area contributed by atoms with E-state index in [2.05, 4.69) is 32.3 Å². The second-order valence-corrected chi connectivity index (χ2v) is 7.78. The number of hydrogen-bond donors (Lipinski definition) is 2. The standard InChI is InChI=1S/C24H23BrN2O4/c1-3-30-20-9-8-15(12-22(20)29-2)17(13-27-24(28)21-10-11-23(25)31-21)18-14-26-19-7-5-4-6-16(18)19/h4-12,14,17,26H,3,13H2,1-2H3,(H,27,28)/t17-/m1/s1. The molecular weight excluding hydrogens is 460 g/mol. The van der Waals surface area contributed by atoms with Crippen LogP contribution in [0.1, 0.15) is 34.5 Å². The Kier molecular flexibility index (Phi) is 6.32. The van der Waals surface area contributed by atoms with Gasteiger partial charge >= 0.3 is 0 Å². The Morgan fingerprint density at radius 1 is 1.16 bits per heavy atom. The summed E-state index contributed by atoms with van der Waals surface area (Å²) < 4.78 is 17.1. The number of para-hydroxylation sites is 1. The molecule has 1 atom stereocenters. The minimum absolute atomic E-state index is 0.108. The highest BCUT2D eigenvalue weighted by atomic mass is 79.9. The summed E-state index contributed by atoms with van der Waals surface area (Å²) in [6.45, 7) is 2.87. The van der Waals surface area contributed by atoms with Gasteiger partial charge in [-0.3, -0.25) is 4.79 Å². The van der Waals surface area contributed by atoms with Crippen molar-refractivity contribution in [2.24, 2.45) is 0 Å². The van der Waals surface area contributed by atoms with Gasteiger partial charge in [0.05, 0.1) is 13.7 Å². The van der Waals surface area contributed by atoms with E-state index in [4.69, 9.17) is 13.9 Å². The topological polar surface area (TPSA) is 76.5 Å². The maximum absolute atomic E-state index is 12.6. The normalized spacial score (nSPS) is 12.0. The molecule has 0 bridgehead atoms. The van der Waals surface area contributed by atoms with E-state index in [9.17, 15) is 4.79 Å². The first-order valence-corrected chi connectivity index (χ1v) is 10.8. The van der Waals surface area contributed by atoms with Gasteiger partial charge in [0, 0.05) is 29.6 Å². The Hall–Kier alpha value is -3.19. The second kappa shape index (κ2) is 9.31. The zero-order valence-electron chi connectivity index (χ0n) is 17.3. The molecule has 160 valence electrons. The minimum Gasteiger partial charge on any atom is -0.493 e. The van der Waals surface area contributed by atoms with E-state index in [1.54, 1.807) is 19.2 Å². The van der Waals surface area contributed by atoms with Gasteiger partial charge in [0.15, 0.2) is 21.9 Å². The third kappa shape index (κ3) is 4.46. The van der Waals surface area contributed by atoms with Gasteiger partial charge in [0.25, 0.3) is 5.91 Å². The number of rotatable bonds is 8. The van der Waals surface area contributed by atoms with Crippen LogP contribution in [0.2, 0.25) is 0 Å². The van der Waals surface area contributed by atoms with E-state index in [-0.39, 0.29) is 17.6 Å². The molecule has 0 saturated heterocycles. The van der Waals surface area contributed by atoms with Crippen molar-refractivity contribution < 1.29 is 18.7 Å². The number of carbonyl (C=O) groups is 1. The molecule has 2 aromatic heterocycles. The molecular formula is C24H23BrN2O4. The van der Waals surface area contributed by atoms with Crippen LogP contribution in [0.3, 0.4) is 0 Å². The SMILES string of the molecule is CCOc1ccc([C@@H](CNC(=O)c2ccc(Br)o2)c2c[nH]c3ccccc23)cc1OC. The lowest BCUT2D eigenvalue weighted by molar-refractivity contribution is 0.0923. The van der Waals surface area contributed by atoms with Crippen LogP contribution < -0.4 is 14.8 Å². The molecule has 2 heterocycles. The molecule has 0 unspecified atom stereocenters. The van der Waals surface area contributed by atoms with E-state index in [0.717, 1.165) is 22.0 Å². The van der Waals surface area contributed by atoms with Crippen molar-refractivity contribution in [3.63, 3.8) is 0 Å². The van der Waals surface area contributed by atoms with Crippen LogP contribution >= 0.6 is 15.9 Å². The van der Waals surface area contributed by atoms with Crippen LogP contribution in [0, 0.1) is 0 Å². The number of methoxy groups -OCH3 is 1. The summed E-state index contributed by atoms with van der Waals surface area (Å²) >= 11 is 3.23. The smallest absolute Gasteiger partial charge is 0.287 e. The van der Waals surface area contributed by atoms with Gasteiger partial charge in [-0.1, -0.05) is 24.3 Å². The average molecular weight is 483 g/mol. The van der Waals surface area contributed by atoms with Crippen molar-refractivity contribution in [1.29, 1.82) is 0 Å². The highest BCUT2D eigenvalue weighted by Crippen LogP contribution is 2.36. The summed E-state index contributed by atoms with van der Waals surface area (Å²) in [5.41, 5.74) is 3.13. The number of amides is 1. The molecule has 7 heteroatoms. The highest BCUT2D eigenvalue weighted by molar-refractivity contribution is 9.10. The zero-order chi connectivity index (χ0) is 21.8. The van der Waals surface area contributed by atoms with Gasteiger partial charge in [-0.25, -0.2) is 0 Å². The van der Waals surface area contributed by atoms with E-state index >= 15 is 0 Å². The number of H-pyrrole nitrogens is 1. The van der Waals surface area contributed by atoms with E-state index in [1.807, 2.05) is 49.5 Å². The Bertz CT molecular complexity index is 1200. The molecule has 0 aliphatic heterocycles. The van der Waals surface area contributed by atoms with Crippen molar-refractivity contribution >= 4 is 32.7 Å². The summed E-state index contributed by atoms with van der Waals surface area (Å²) in [4.78, 5) is 15.9. The van der Waals surface area contributed by atoms with Crippen LogP contribution in [0.4, 0.5) is 0 Å². The monoisotopic (exact) mass is 482 g/mol. The number of ether oxygens (including phenoxy) is 2. The lowest BCUT2D eigenvalue weighted by Gasteiger charge is -2.20. The number of halogens is 1. The molecule has 0 radical (unpaired) electrons. The molecule has 0 aliphatic rings. The predicted molar refractivity (Wildman–Crippen MR) is 123 cm³/mol. The summed E-state index contributed by atoms with van der Waals surface area (Å²) in [6, 6.07) is 17.3. The fourth-order valence-electron chi connectivity index (χ4n) is 3.68. The summed E-state index contributed by atoms with van der Waals surface area (Å²) in [5, 5.41) is 4.11. The largest absolute Gasteiger partial charge is 0.493 e. The summed E-state index contributed by atoms with van der Waals surface area (Å²) in [5.74, 6) is 1.23. The molecule has 4 aromatic rings. The van der Waals surface area contributed by atoms with Gasteiger partial charge in [0.2, 0.25) is 0 Å². The van der Waals surface area contributed by atoms with Crippen LogP contribution in [0.15, 0.2) is 69.9 Å². The number of fused-ring (bicyclic) bond motifs is 1. The number of furan rings is 1. The Balaban J connectivity index is 1.70. The number of benzene rings is 2.